The van der Waals surface area contributed by atoms with Crippen LogP contribution in [0.5, 0.6) is 0 Å². The average Bonchev–Trinajstić information content (AvgIpc) is 2.97. The second kappa shape index (κ2) is 7.51. The van der Waals surface area contributed by atoms with Crippen LogP contribution in [0, 0.1) is 46.3 Å². The number of hydrogen-bond acceptors (Lipinski definition) is 4. The zero-order chi connectivity index (χ0) is 20.3. The zero-order valence-electron chi connectivity index (χ0n) is 18.1. The fraction of sp³-hybridized carbons (Fsp3) is 1.00. The molecule has 0 aromatic carbocycles. The summed E-state index contributed by atoms with van der Waals surface area (Å²) in [5.41, 5.74) is 0.0974. The van der Waals surface area contributed by atoms with Crippen molar-refractivity contribution in [2.75, 3.05) is 6.61 Å². The maximum absolute atomic E-state index is 11.6. The lowest BCUT2D eigenvalue weighted by Crippen LogP contribution is -2.65. The van der Waals surface area contributed by atoms with Crippen molar-refractivity contribution in [3.05, 3.63) is 0 Å². The minimum Gasteiger partial charge on any atom is -0.396 e. The summed E-state index contributed by atoms with van der Waals surface area (Å²) in [5, 5.41) is 42.8. The number of aliphatic hydroxyl groups is 4. The van der Waals surface area contributed by atoms with E-state index in [9.17, 15) is 20.4 Å². The Labute approximate surface area is 170 Å². The molecule has 4 nitrogen and oxygen atoms in total. The molecule has 7 unspecified atom stereocenters. The van der Waals surface area contributed by atoms with Crippen LogP contribution in [0.3, 0.4) is 0 Å². The van der Waals surface area contributed by atoms with Crippen LogP contribution in [0.4, 0.5) is 0 Å². The van der Waals surface area contributed by atoms with Gasteiger partial charge in [-0.2, -0.15) is 0 Å². The molecule has 0 aromatic rings. The van der Waals surface area contributed by atoms with Crippen LogP contribution >= 0.6 is 0 Å². The lowest BCUT2D eigenvalue weighted by molar-refractivity contribution is -0.234. The first-order chi connectivity index (χ1) is 13.3. The van der Waals surface area contributed by atoms with Crippen LogP contribution in [0.15, 0.2) is 0 Å². The molecule has 0 spiro atoms. The monoisotopic (exact) mass is 394 g/mol. The van der Waals surface area contributed by atoms with E-state index in [0.29, 0.717) is 17.8 Å². The normalized spacial score (nSPS) is 56.0. The van der Waals surface area contributed by atoms with Gasteiger partial charge in [0.15, 0.2) is 0 Å². The van der Waals surface area contributed by atoms with Crippen molar-refractivity contribution in [2.24, 2.45) is 46.3 Å². The van der Waals surface area contributed by atoms with E-state index in [1.54, 1.807) is 0 Å². The van der Waals surface area contributed by atoms with Gasteiger partial charge in [-0.1, -0.05) is 27.2 Å². The van der Waals surface area contributed by atoms with Crippen molar-refractivity contribution >= 4 is 0 Å². The van der Waals surface area contributed by atoms with E-state index in [0.717, 1.165) is 51.4 Å². The topological polar surface area (TPSA) is 80.9 Å². The van der Waals surface area contributed by atoms with Crippen molar-refractivity contribution < 1.29 is 20.4 Å². The van der Waals surface area contributed by atoms with Crippen LogP contribution in [0.1, 0.15) is 78.6 Å². The summed E-state index contributed by atoms with van der Waals surface area (Å²) in [5.74, 6) is 1.88. The van der Waals surface area contributed by atoms with Crippen molar-refractivity contribution in [1.29, 1.82) is 0 Å². The molecular weight excluding hydrogens is 352 g/mol. The summed E-state index contributed by atoms with van der Waals surface area (Å²) in [6.45, 7) is 7.15. The molecule has 0 heterocycles. The molecule has 0 amide bonds. The van der Waals surface area contributed by atoms with Gasteiger partial charge in [0, 0.05) is 6.61 Å². The molecule has 0 radical (unpaired) electrons. The van der Waals surface area contributed by atoms with Gasteiger partial charge >= 0.3 is 0 Å². The Morgan fingerprint density at radius 3 is 2.39 bits per heavy atom. The molecule has 0 bridgehead atoms. The van der Waals surface area contributed by atoms with E-state index in [-0.39, 0.29) is 53.5 Å². The number of aliphatic hydroxyl groups excluding tert-OH is 4. The Balaban J connectivity index is 1.70. The molecule has 0 aromatic heterocycles. The summed E-state index contributed by atoms with van der Waals surface area (Å²) in [6.07, 6.45) is 7.58. The van der Waals surface area contributed by atoms with Crippen molar-refractivity contribution in [2.45, 2.75) is 96.9 Å². The Bertz CT molecular complexity index is 567. The zero-order valence-corrected chi connectivity index (χ0v) is 18.1. The maximum Gasteiger partial charge on any atom is 0.0605 e. The van der Waals surface area contributed by atoms with Gasteiger partial charge < -0.3 is 20.4 Å². The highest BCUT2D eigenvalue weighted by Gasteiger charge is 2.66. The van der Waals surface area contributed by atoms with Crippen molar-refractivity contribution in [3.8, 4) is 0 Å². The molecule has 11 atom stereocenters. The predicted octanol–water partition coefficient (Wildman–Crippen LogP) is 3.36. The number of hydrogen-bond donors (Lipinski definition) is 4. The third-order valence-corrected chi connectivity index (χ3v) is 10.2. The lowest BCUT2D eigenvalue weighted by atomic mass is 9.41. The summed E-state index contributed by atoms with van der Waals surface area (Å²) >= 11 is 0. The highest BCUT2D eigenvalue weighted by atomic mass is 16.3. The second-order valence-electron chi connectivity index (χ2n) is 11.2. The first kappa shape index (κ1) is 21.1. The summed E-state index contributed by atoms with van der Waals surface area (Å²) in [6, 6.07) is 0. The Morgan fingerprint density at radius 1 is 0.964 bits per heavy atom. The highest BCUT2D eigenvalue weighted by molar-refractivity contribution is 5.15. The van der Waals surface area contributed by atoms with Crippen LogP contribution in [-0.2, 0) is 0 Å². The molecule has 0 aliphatic heterocycles. The Kier molecular flexibility index (Phi) is 5.66. The van der Waals surface area contributed by atoms with E-state index in [2.05, 4.69) is 20.8 Å². The summed E-state index contributed by atoms with van der Waals surface area (Å²) in [4.78, 5) is 0. The molecule has 28 heavy (non-hydrogen) atoms. The summed E-state index contributed by atoms with van der Waals surface area (Å²) in [7, 11) is 0. The van der Waals surface area contributed by atoms with Crippen LogP contribution in [0.2, 0.25) is 0 Å². The van der Waals surface area contributed by atoms with Gasteiger partial charge in [0.1, 0.15) is 0 Å². The Morgan fingerprint density at radius 2 is 1.71 bits per heavy atom. The lowest BCUT2D eigenvalue weighted by Gasteiger charge is -2.65. The molecule has 4 aliphatic carbocycles. The molecule has 4 rings (SSSR count). The van der Waals surface area contributed by atoms with Gasteiger partial charge in [0.2, 0.25) is 0 Å². The second-order valence-corrected chi connectivity index (χ2v) is 11.2. The van der Waals surface area contributed by atoms with Gasteiger partial charge in [-0.05, 0) is 97.7 Å². The number of rotatable bonds is 4. The fourth-order valence-corrected chi connectivity index (χ4v) is 8.99. The molecule has 4 fully saturated rings. The van der Waals surface area contributed by atoms with Gasteiger partial charge in [-0.15, -0.1) is 0 Å². The van der Waals surface area contributed by atoms with E-state index < -0.39 is 0 Å². The van der Waals surface area contributed by atoms with Gasteiger partial charge in [-0.25, -0.2) is 0 Å². The smallest absolute Gasteiger partial charge is 0.0605 e. The van der Waals surface area contributed by atoms with Crippen LogP contribution < -0.4 is 0 Å². The van der Waals surface area contributed by atoms with Gasteiger partial charge in [0.05, 0.1) is 18.3 Å². The molecule has 162 valence electrons. The quantitative estimate of drug-likeness (QED) is 0.589. The number of fused-ring (bicyclic) bond motifs is 5. The molecule has 0 saturated heterocycles. The maximum atomic E-state index is 11.6. The van der Waals surface area contributed by atoms with E-state index in [4.69, 9.17) is 0 Å². The average molecular weight is 395 g/mol. The fourth-order valence-electron chi connectivity index (χ4n) is 8.99. The predicted molar refractivity (Wildman–Crippen MR) is 109 cm³/mol. The standard InChI is InChI=1S/C24H42O4/c1-4-16-18-12-15(26)9-10-23(18,2)21-19(27)13-24(3)14(6-5-11-25)7-8-17(24)20(21)22(16)28/h14-22,25-28H,4-13H2,1-3H3/t14?,15-,16-,17?,18+,19?,20?,21?,22-,23?,24?/m1/s1. The highest BCUT2D eigenvalue weighted by Crippen LogP contribution is 2.69. The molecule has 4 heteroatoms. The van der Waals surface area contributed by atoms with Gasteiger partial charge in [0.25, 0.3) is 0 Å². The third kappa shape index (κ3) is 2.92. The van der Waals surface area contributed by atoms with E-state index in [1.807, 2.05) is 0 Å². The minimum absolute atomic E-state index is 0.0216. The summed E-state index contributed by atoms with van der Waals surface area (Å²) < 4.78 is 0. The molecule has 4 N–H and O–H groups in total. The molecule has 4 aliphatic rings. The first-order valence-corrected chi connectivity index (χ1v) is 11.9. The van der Waals surface area contributed by atoms with E-state index in [1.165, 1.54) is 6.42 Å². The molecule has 4 saturated carbocycles. The van der Waals surface area contributed by atoms with Crippen molar-refractivity contribution in [3.63, 3.8) is 0 Å². The SMILES string of the molecule is CC[C@H]1[C@@H](O)C2C3CCC(CCCO)C3(C)CC(O)C2C2(C)CC[C@@H](O)C[C@@H]12. The Hall–Kier alpha value is -0.160. The first-order valence-electron chi connectivity index (χ1n) is 11.9. The van der Waals surface area contributed by atoms with E-state index >= 15 is 0 Å². The minimum atomic E-state index is -0.366. The molecular formula is C24H42O4. The van der Waals surface area contributed by atoms with Crippen LogP contribution in [0.25, 0.3) is 0 Å². The van der Waals surface area contributed by atoms with Gasteiger partial charge in [-0.3, -0.25) is 0 Å². The van der Waals surface area contributed by atoms with Crippen molar-refractivity contribution in [1.82, 2.24) is 0 Å². The van der Waals surface area contributed by atoms with Crippen LogP contribution in [-0.4, -0.2) is 45.3 Å². The third-order valence-electron chi connectivity index (χ3n) is 10.2. The largest absolute Gasteiger partial charge is 0.396 e.